The Morgan fingerprint density at radius 3 is 2.69 bits per heavy atom. The molecule has 2 aliphatic heterocycles. The number of rotatable bonds is 5. The molecule has 0 radical (unpaired) electrons. The van der Waals surface area contributed by atoms with E-state index in [0.717, 1.165) is 10.6 Å². The molecule has 186 valence electrons. The van der Waals surface area contributed by atoms with Gasteiger partial charge in [0.1, 0.15) is 0 Å². The average molecular weight is 546 g/mol. The fourth-order valence-corrected chi connectivity index (χ4v) is 6.66. The summed E-state index contributed by atoms with van der Waals surface area (Å²) in [6.45, 7) is 0.125. The number of ether oxygens (including phenoxy) is 1. The molecule has 0 saturated carbocycles. The Morgan fingerprint density at radius 1 is 1.14 bits per heavy atom. The summed E-state index contributed by atoms with van der Waals surface area (Å²) >= 11 is 7.45. The van der Waals surface area contributed by atoms with Crippen molar-refractivity contribution in [2.75, 3.05) is 11.9 Å². The van der Waals surface area contributed by atoms with Crippen LogP contribution < -0.4 is 5.32 Å². The molecule has 36 heavy (non-hydrogen) atoms. The number of hydrogen-bond donors (Lipinski definition) is 3. The van der Waals surface area contributed by atoms with Crippen LogP contribution in [0.15, 0.2) is 71.0 Å². The summed E-state index contributed by atoms with van der Waals surface area (Å²) in [4.78, 5) is 25.0. The molecule has 2 saturated heterocycles. The molecule has 4 aromatic rings. The van der Waals surface area contributed by atoms with Crippen molar-refractivity contribution < 1.29 is 23.8 Å². The topological polar surface area (TPSA) is 124 Å². The van der Waals surface area contributed by atoms with Crippen molar-refractivity contribution >= 4 is 61.4 Å². The zero-order valence-corrected chi connectivity index (χ0v) is 21.6. The van der Waals surface area contributed by atoms with Crippen molar-refractivity contribution in [3.8, 4) is 0 Å². The normalized spacial score (nSPS) is 26.0. The number of aromatic nitrogens is 4. The number of nitrogens with one attached hydrogen (secondary N) is 1. The molecule has 0 amide bonds. The standard InChI is InChI=1S/C22H22BClN5O5PS/c23-35(31)32-10-15-18(34-35)17(30)21(33-15)29-20-16(28-22(29)36-14-8-6-12(24)7-9-14)19(25-11-26-20)27-13-4-2-1-3-5-13/h1-9,11,15,17-18,21,30-31,35H,10,23H2,(H,25,26,27)/t15-,17+,18+,21-/m1/s1. The average Bonchev–Trinajstić information content (AvgIpc) is 3.38. The molecule has 2 aliphatic rings. The van der Waals surface area contributed by atoms with Gasteiger partial charge in [0.25, 0.3) is 0 Å². The summed E-state index contributed by atoms with van der Waals surface area (Å²) in [6, 6.07) is 17.0. The van der Waals surface area contributed by atoms with Gasteiger partial charge in [-0.15, -0.1) is 0 Å². The summed E-state index contributed by atoms with van der Waals surface area (Å²) in [5, 5.41) is 15.7. The van der Waals surface area contributed by atoms with Crippen LogP contribution in [0.4, 0.5) is 11.5 Å². The van der Waals surface area contributed by atoms with Crippen LogP contribution in [0.25, 0.3) is 11.2 Å². The number of nitrogens with zero attached hydrogens (tertiary/aromatic N) is 4. The van der Waals surface area contributed by atoms with Gasteiger partial charge in [0.05, 0.1) is 0 Å². The molecule has 0 aliphatic carbocycles. The molecule has 0 unspecified atom stereocenters. The van der Waals surface area contributed by atoms with Crippen LogP contribution in [0, 0.1) is 0 Å². The molecule has 3 N–H and O–H groups in total. The Bertz CT molecular complexity index is 1400. The van der Waals surface area contributed by atoms with E-state index in [2.05, 4.69) is 15.3 Å². The van der Waals surface area contributed by atoms with Gasteiger partial charge < -0.3 is 0 Å². The Labute approximate surface area is 216 Å². The number of halogens is 1. The minimum absolute atomic E-state index is 0.125. The van der Waals surface area contributed by atoms with Gasteiger partial charge in [0.2, 0.25) is 0 Å². The molecule has 2 aromatic carbocycles. The molecule has 4 atom stereocenters. The van der Waals surface area contributed by atoms with E-state index in [0.29, 0.717) is 27.2 Å². The molecule has 14 heteroatoms. The Morgan fingerprint density at radius 2 is 1.92 bits per heavy atom. The summed E-state index contributed by atoms with van der Waals surface area (Å²) in [5.74, 6) is 0.516. The Balaban J connectivity index is 1.44. The quantitative estimate of drug-likeness (QED) is 0.255. The van der Waals surface area contributed by atoms with Crippen LogP contribution in [-0.2, 0) is 13.8 Å². The van der Waals surface area contributed by atoms with Crippen LogP contribution in [0.2, 0.25) is 5.02 Å². The van der Waals surface area contributed by atoms with E-state index >= 15 is 0 Å². The van der Waals surface area contributed by atoms with E-state index in [9.17, 15) is 10.00 Å². The van der Waals surface area contributed by atoms with Gasteiger partial charge in [-0.05, 0) is 0 Å². The van der Waals surface area contributed by atoms with Gasteiger partial charge in [0, 0.05) is 0 Å². The summed E-state index contributed by atoms with van der Waals surface area (Å²) in [7, 11) is -1.82. The van der Waals surface area contributed by atoms with Crippen molar-refractivity contribution in [2.45, 2.75) is 34.6 Å². The molecule has 0 bridgehead atoms. The van der Waals surface area contributed by atoms with E-state index in [-0.39, 0.29) is 6.61 Å². The SMILES string of the molecule is B[PH]1(O)OC[C@H]2O[C@@H](n3c(Sc4ccc(Cl)cc4)nc4c(Nc5ccccc5)ncnc43)[C@@H](O)[C@H]2O1. The first-order valence-corrected chi connectivity index (χ1v) is 14.7. The number of fused-ring (bicyclic) bond motifs is 2. The van der Waals surface area contributed by atoms with Gasteiger partial charge >= 0.3 is 211 Å². The van der Waals surface area contributed by atoms with Crippen molar-refractivity contribution in [2.24, 2.45) is 0 Å². The fourth-order valence-electron chi connectivity index (χ4n) is 4.28. The Kier molecular flexibility index (Phi) is 6.39. The van der Waals surface area contributed by atoms with Gasteiger partial charge in [-0.2, -0.15) is 0 Å². The zero-order chi connectivity index (χ0) is 24.9. The summed E-state index contributed by atoms with van der Waals surface area (Å²) < 4.78 is 19.1. The number of aliphatic hydroxyl groups is 1. The van der Waals surface area contributed by atoms with E-state index in [1.807, 2.05) is 42.5 Å². The maximum absolute atomic E-state index is 11.3. The second kappa shape index (κ2) is 9.55. The number of para-hydroxylation sites is 1. The van der Waals surface area contributed by atoms with Gasteiger partial charge in [-0.1, -0.05) is 6.07 Å². The first-order chi connectivity index (χ1) is 17.4. The van der Waals surface area contributed by atoms with Crippen LogP contribution >= 0.6 is 31.2 Å². The van der Waals surface area contributed by atoms with Crippen molar-refractivity contribution in [3.63, 3.8) is 0 Å². The molecular weight excluding hydrogens is 524 g/mol. The van der Waals surface area contributed by atoms with E-state index in [1.165, 1.54) is 25.7 Å². The molecule has 10 nitrogen and oxygen atoms in total. The summed E-state index contributed by atoms with van der Waals surface area (Å²) in [6.07, 6.45) is -1.80. The van der Waals surface area contributed by atoms with E-state index in [4.69, 9.17) is 30.4 Å². The number of anilines is 2. The van der Waals surface area contributed by atoms with Crippen LogP contribution in [0.5, 0.6) is 0 Å². The molecule has 2 aromatic heterocycles. The maximum atomic E-state index is 11.3. The van der Waals surface area contributed by atoms with Gasteiger partial charge in [-0.25, -0.2) is 0 Å². The Hall–Kier alpha value is -2.28. The third-order valence-corrected chi connectivity index (χ3v) is 8.58. The van der Waals surface area contributed by atoms with Gasteiger partial charge in [0.15, 0.2) is 0 Å². The van der Waals surface area contributed by atoms with Gasteiger partial charge in [-0.3, -0.25) is 0 Å². The molecule has 6 rings (SSSR count). The second-order valence-corrected chi connectivity index (χ2v) is 12.3. The van der Waals surface area contributed by atoms with Crippen LogP contribution in [-0.4, -0.2) is 62.0 Å². The first-order valence-electron chi connectivity index (χ1n) is 11.2. The van der Waals surface area contributed by atoms with Crippen LogP contribution in [0.3, 0.4) is 0 Å². The van der Waals surface area contributed by atoms with Crippen molar-refractivity contribution in [3.05, 3.63) is 65.9 Å². The molecular formula is C22H22BClN5O5PS. The summed E-state index contributed by atoms with van der Waals surface area (Å²) in [5.41, 5.74) is 1.84. The predicted octanol–water partition coefficient (Wildman–Crippen LogP) is 3.08. The van der Waals surface area contributed by atoms with Crippen LogP contribution in [0.1, 0.15) is 6.23 Å². The molecule has 2 fully saturated rings. The fraction of sp³-hybridized carbons (Fsp3) is 0.227. The molecule has 4 heterocycles. The zero-order valence-electron chi connectivity index (χ0n) is 19.0. The van der Waals surface area contributed by atoms with Crippen molar-refractivity contribution in [1.29, 1.82) is 0 Å². The third kappa shape index (κ3) is 4.60. The number of aliphatic hydroxyl groups excluding tert-OH is 1. The number of imidazole rings is 1. The predicted molar refractivity (Wildman–Crippen MR) is 140 cm³/mol. The second-order valence-electron chi connectivity index (χ2n) is 8.55. The minimum atomic E-state index is -3.34. The molecule has 0 spiro atoms. The number of hydrogen-bond acceptors (Lipinski definition) is 10. The van der Waals surface area contributed by atoms with Crippen molar-refractivity contribution in [1.82, 2.24) is 19.5 Å². The monoisotopic (exact) mass is 545 g/mol. The van der Waals surface area contributed by atoms with E-state index < -0.39 is 32.4 Å². The number of benzene rings is 2. The van der Waals surface area contributed by atoms with E-state index in [1.54, 1.807) is 16.7 Å². The first kappa shape index (κ1) is 24.1. The third-order valence-electron chi connectivity index (χ3n) is 5.94.